The highest BCUT2D eigenvalue weighted by Crippen LogP contribution is 2.26. The summed E-state index contributed by atoms with van der Waals surface area (Å²) < 4.78 is 5.75. The molecule has 2 aliphatic rings. The topological polar surface area (TPSA) is 71.0 Å². The molecule has 1 atom stereocenters. The van der Waals surface area contributed by atoms with Crippen LogP contribution in [0.2, 0.25) is 0 Å². The molecule has 0 saturated heterocycles. The Bertz CT molecular complexity index is 861. The quantitative estimate of drug-likeness (QED) is 0.537. The third kappa shape index (κ3) is 4.58. The van der Waals surface area contributed by atoms with Crippen LogP contribution in [0.1, 0.15) is 15.9 Å². The molecule has 0 saturated carbocycles. The normalized spacial score (nSPS) is 18.7. The molecular formula is C19H18BrN3O3S. The fourth-order valence-electron chi connectivity index (χ4n) is 2.76. The van der Waals surface area contributed by atoms with E-state index in [0.29, 0.717) is 31.0 Å². The van der Waals surface area contributed by atoms with Crippen LogP contribution in [0.3, 0.4) is 0 Å². The molecule has 0 fully saturated rings. The molecular weight excluding hydrogens is 430 g/mol. The molecule has 8 heteroatoms. The Labute approximate surface area is 171 Å². The maximum Gasteiger partial charge on any atom is 0.251 e. The molecule has 140 valence electrons. The number of halogens is 1. The van der Waals surface area contributed by atoms with Gasteiger partial charge in [0.2, 0.25) is 11.0 Å². The second-order valence-corrected chi connectivity index (χ2v) is 7.33. The fraction of sp³-hybridized carbons (Fsp3) is 0.263. The zero-order valence-corrected chi connectivity index (χ0v) is 17.0. The van der Waals surface area contributed by atoms with Crippen molar-refractivity contribution in [2.24, 2.45) is 10.9 Å². The summed E-state index contributed by atoms with van der Waals surface area (Å²) in [6.45, 7) is 1.22. The average molecular weight is 448 g/mol. The predicted molar refractivity (Wildman–Crippen MR) is 111 cm³/mol. The van der Waals surface area contributed by atoms with Crippen molar-refractivity contribution in [2.45, 2.75) is 6.54 Å². The van der Waals surface area contributed by atoms with Crippen LogP contribution in [0.4, 0.5) is 0 Å². The van der Waals surface area contributed by atoms with E-state index in [1.807, 2.05) is 24.3 Å². The number of nitrogens with zero attached hydrogens (tertiary/aromatic N) is 2. The van der Waals surface area contributed by atoms with Crippen LogP contribution in [0.15, 0.2) is 52.0 Å². The van der Waals surface area contributed by atoms with Gasteiger partial charge in [-0.05, 0) is 42.1 Å². The van der Waals surface area contributed by atoms with Crippen molar-refractivity contribution in [3.8, 4) is 0 Å². The number of amides is 2. The highest BCUT2D eigenvalue weighted by atomic mass is 79.9. The first-order chi connectivity index (χ1) is 13.0. The highest BCUT2D eigenvalue weighted by molar-refractivity contribution is 9.11. The molecule has 27 heavy (non-hydrogen) atoms. The number of allylic oxidation sites excluding steroid dienone is 3. The summed E-state index contributed by atoms with van der Waals surface area (Å²) in [6.07, 6.45) is 5.47. The van der Waals surface area contributed by atoms with Gasteiger partial charge in [-0.3, -0.25) is 14.5 Å². The van der Waals surface area contributed by atoms with Crippen molar-refractivity contribution in [1.29, 1.82) is 0 Å². The van der Waals surface area contributed by atoms with Gasteiger partial charge in [0, 0.05) is 23.7 Å². The van der Waals surface area contributed by atoms with Crippen LogP contribution in [-0.4, -0.2) is 47.8 Å². The van der Waals surface area contributed by atoms with E-state index in [0.717, 1.165) is 10.0 Å². The zero-order chi connectivity index (χ0) is 19.4. The van der Waals surface area contributed by atoms with Crippen molar-refractivity contribution >= 4 is 50.8 Å². The SMILES string of the molecule is COCCNC(=O)c1ccc(CN2C(=O)C3C=C(Br)C=CC3=NC2=S)cc1. The molecule has 1 heterocycles. The molecule has 1 unspecified atom stereocenters. The van der Waals surface area contributed by atoms with Crippen LogP contribution >= 0.6 is 28.1 Å². The van der Waals surface area contributed by atoms with Crippen molar-refractivity contribution in [3.63, 3.8) is 0 Å². The smallest absolute Gasteiger partial charge is 0.251 e. The predicted octanol–water partition coefficient (Wildman–Crippen LogP) is 2.60. The lowest BCUT2D eigenvalue weighted by Crippen LogP contribution is -2.45. The van der Waals surface area contributed by atoms with E-state index < -0.39 is 5.92 Å². The van der Waals surface area contributed by atoms with Gasteiger partial charge < -0.3 is 10.1 Å². The Balaban J connectivity index is 1.69. The molecule has 0 aromatic heterocycles. The van der Waals surface area contributed by atoms with Crippen molar-refractivity contribution in [2.75, 3.05) is 20.3 Å². The largest absolute Gasteiger partial charge is 0.383 e. The summed E-state index contributed by atoms with van der Waals surface area (Å²) in [5.74, 6) is -0.698. The molecule has 1 aromatic carbocycles. The van der Waals surface area contributed by atoms with Crippen LogP contribution in [-0.2, 0) is 16.1 Å². The third-order valence-electron chi connectivity index (χ3n) is 4.19. The molecule has 1 aliphatic carbocycles. The summed E-state index contributed by atoms with van der Waals surface area (Å²) in [7, 11) is 1.58. The second kappa shape index (κ2) is 8.69. The third-order valence-corrected chi connectivity index (χ3v) is 5.03. The number of nitrogens with one attached hydrogen (secondary N) is 1. The Morgan fingerprint density at radius 2 is 2.07 bits per heavy atom. The Hall–Kier alpha value is -2.16. The first kappa shape index (κ1) is 19.6. The number of methoxy groups -OCH3 is 1. The fourth-order valence-corrected chi connectivity index (χ4v) is 3.42. The van der Waals surface area contributed by atoms with Gasteiger partial charge >= 0.3 is 0 Å². The number of ether oxygens (including phenoxy) is 1. The van der Waals surface area contributed by atoms with E-state index in [9.17, 15) is 9.59 Å². The van der Waals surface area contributed by atoms with E-state index in [2.05, 4.69) is 26.2 Å². The van der Waals surface area contributed by atoms with E-state index in [-0.39, 0.29) is 16.9 Å². The molecule has 3 rings (SSSR count). The van der Waals surface area contributed by atoms with Gasteiger partial charge in [-0.25, -0.2) is 4.99 Å². The van der Waals surface area contributed by atoms with Crippen molar-refractivity contribution < 1.29 is 14.3 Å². The lowest BCUT2D eigenvalue weighted by Gasteiger charge is -2.30. The van der Waals surface area contributed by atoms with Gasteiger partial charge in [0.15, 0.2) is 0 Å². The van der Waals surface area contributed by atoms with E-state index >= 15 is 0 Å². The van der Waals surface area contributed by atoms with Gasteiger partial charge in [-0.15, -0.1) is 0 Å². The summed E-state index contributed by atoms with van der Waals surface area (Å²) in [5, 5.41) is 3.02. The number of fused-ring (bicyclic) bond motifs is 1. The average Bonchev–Trinajstić information content (AvgIpc) is 2.66. The molecule has 0 bridgehead atoms. The highest BCUT2D eigenvalue weighted by Gasteiger charge is 2.34. The van der Waals surface area contributed by atoms with Gasteiger partial charge in [-0.1, -0.05) is 34.1 Å². The number of aliphatic imine (C=N–C) groups is 1. The molecule has 1 aromatic rings. The van der Waals surface area contributed by atoms with Crippen LogP contribution < -0.4 is 5.32 Å². The first-order valence-corrected chi connectivity index (χ1v) is 9.55. The number of carbonyl (C=O) groups is 2. The molecule has 2 amide bonds. The summed E-state index contributed by atoms with van der Waals surface area (Å²) in [5.41, 5.74) is 2.08. The summed E-state index contributed by atoms with van der Waals surface area (Å²) in [6, 6.07) is 7.08. The number of carbonyl (C=O) groups excluding carboxylic acids is 2. The van der Waals surface area contributed by atoms with Crippen molar-refractivity contribution in [3.05, 3.63) is 58.1 Å². The minimum absolute atomic E-state index is 0.104. The number of benzene rings is 1. The van der Waals surface area contributed by atoms with Crippen molar-refractivity contribution in [1.82, 2.24) is 10.2 Å². The standard InChI is InChI=1S/C19H18BrN3O3S/c1-26-9-8-21-17(24)13-4-2-12(3-5-13)11-23-18(25)15-10-14(20)6-7-16(15)22-19(23)27/h2-7,10,15H,8-9,11H2,1H3,(H,21,24). The Kier molecular flexibility index (Phi) is 6.30. The first-order valence-electron chi connectivity index (χ1n) is 8.35. The van der Waals surface area contributed by atoms with Gasteiger partial charge in [0.1, 0.15) is 5.92 Å². The lowest BCUT2D eigenvalue weighted by atomic mass is 9.95. The molecule has 1 aliphatic heterocycles. The number of hydrogen-bond acceptors (Lipinski definition) is 4. The van der Waals surface area contributed by atoms with E-state index in [1.165, 1.54) is 4.90 Å². The zero-order valence-electron chi connectivity index (χ0n) is 14.6. The van der Waals surface area contributed by atoms with Crippen LogP contribution in [0.5, 0.6) is 0 Å². The maximum atomic E-state index is 12.8. The molecule has 6 nitrogen and oxygen atoms in total. The van der Waals surface area contributed by atoms with Gasteiger partial charge in [-0.2, -0.15) is 0 Å². The minimum atomic E-state index is -0.429. The molecule has 0 radical (unpaired) electrons. The van der Waals surface area contributed by atoms with Gasteiger partial charge in [0.25, 0.3) is 5.91 Å². The number of hydrogen-bond donors (Lipinski definition) is 1. The number of rotatable bonds is 6. The van der Waals surface area contributed by atoms with Crippen LogP contribution in [0.25, 0.3) is 0 Å². The molecule has 1 N–H and O–H groups in total. The number of thiocarbonyl (C=S) groups is 1. The van der Waals surface area contributed by atoms with Crippen LogP contribution in [0, 0.1) is 5.92 Å². The molecule has 0 spiro atoms. The minimum Gasteiger partial charge on any atom is -0.383 e. The second-order valence-electron chi connectivity index (χ2n) is 6.05. The monoisotopic (exact) mass is 447 g/mol. The van der Waals surface area contributed by atoms with Gasteiger partial charge in [0.05, 0.1) is 18.9 Å². The van der Waals surface area contributed by atoms with E-state index in [1.54, 1.807) is 25.3 Å². The van der Waals surface area contributed by atoms with E-state index in [4.69, 9.17) is 17.0 Å². The lowest BCUT2D eigenvalue weighted by molar-refractivity contribution is -0.128. The summed E-state index contributed by atoms with van der Waals surface area (Å²) in [4.78, 5) is 30.7. The summed E-state index contributed by atoms with van der Waals surface area (Å²) >= 11 is 8.70. The maximum absolute atomic E-state index is 12.8. The Morgan fingerprint density at radius 3 is 2.78 bits per heavy atom. The Morgan fingerprint density at radius 1 is 1.33 bits per heavy atom.